The average Bonchev–Trinajstić information content (AvgIpc) is 3.27. The van der Waals surface area contributed by atoms with Crippen molar-refractivity contribution in [1.29, 1.82) is 0 Å². The molecule has 1 N–H and O–H groups in total. The lowest BCUT2D eigenvalue weighted by Gasteiger charge is -2.39. The van der Waals surface area contributed by atoms with Gasteiger partial charge >= 0.3 is 0 Å². The first-order valence-electron chi connectivity index (χ1n) is 11.2. The summed E-state index contributed by atoms with van der Waals surface area (Å²) in [5, 5.41) is 11.2. The topological polar surface area (TPSA) is 104 Å². The number of benzene rings is 2. The van der Waals surface area contributed by atoms with Crippen molar-refractivity contribution in [3.8, 4) is 5.88 Å². The Morgan fingerprint density at radius 3 is 2.81 bits per heavy atom. The smallest absolute Gasteiger partial charge is 0.225 e. The molecule has 0 amide bonds. The zero-order valence-corrected chi connectivity index (χ0v) is 21.5. The van der Waals surface area contributed by atoms with Gasteiger partial charge in [0.2, 0.25) is 15.9 Å². The van der Waals surface area contributed by atoms with Crippen molar-refractivity contribution < 1.29 is 18.3 Å². The van der Waals surface area contributed by atoms with E-state index < -0.39 is 21.3 Å². The Bertz CT molecular complexity index is 1570. The monoisotopic (exact) mass is 542 g/mol. The van der Waals surface area contributed by atoms with Crippen molar-refractivity contribution >= 4 is 60.2 Å². The number of aromatic hydroxyl groups is 1. The van der Waals surface area contributed by atoms with Gasteiger partial charge in [-0.1, -0.05) is 29.8 Å². The Hall–Kier alpha value is -2.89. The molecule has 36 heavy (non-hydrogen) atoms. The fourth-order valence-electron chi connectivity index (χ4n) is 4.51. The van der Waals surface area contributed by atoms with E-state index in [2.05, 4.69) is 16.5 Å². The zero-order valence-electron chi connectivity index (χ0n) is 19.1. The summed E-state index contributed by atoms with van der Waals surface area (Å²) in [5.41, 5.74) is 1.48. The van der Waals surface area contributed by atoms with Crippen LogP contribution in [-0.2, 0) is 21.4 Å². The highest BCUT2D eigenvalue weighted by molar-refractivity contribution is 7.89. The van der Waals surface area contributed by atoms with Crippen molar-refractivity contribution in [2.75, 3.05) is 19.6 Å². The molecule has 2 aromatic heterocycles. The number of nitrogens with zero attached hydrogens (tertiary/aromatic N) is 4. The summed E-state index contributed by atoms with van der Waals surface area (Å²) in [7, 11) is -3.80. The van der Waals surface area contributed by atoms with E-state index in [0.29, 0.717) is 33.9 Å². The van der Waals surface area contributed by atoms with Gasteiger partial charge in [0.1, 0.15) is 17.9 Å². The summed E-state index contributed by atoms with van der Waals surface area (Å²) in [6.45, 7) is 4.89. The number of fused-ring (bicyclic) bond motifs is 2. The third-order valence-corrected chi connectivity index (χ3v) is 10.1. The van der Waals surface area contributed by atoms with Crippen LogP contribution in [0, 0.1) is 0 Å². The van der Waals surface area contributed by atoms with Crippen molar-refractivity contribution in [3.05, 3.63) is 76.9 Å². The molecule has 0 saturated carbocycles. The minimum absolute atomic E-state index is 0.0504. The van der Waals surface area contributed by atoms with Gasteiger partial charge in [0.15, 0.2) is 0 Å². The summed E-state index contributed by atoms with van der Waals surface area (Å²) >= 11 is 7.47. The highest BCUT2D eigenvalue weighted by atomic mass is 35.5. The molecule has 2 aromatic carbocycles. The molecule has 0 spiro atoms. The number of hydrogen-bond acceptors (Lipinski definition) is 8. The summed E-state index contributed by atoms with van der Waals surface area (Å²) in [4.78, 5) is 22.6. The summed E-state index contributed by atoms with van der Waals surface area (Å²) in [6, 6.07) is 12.1. The summed E-state index contributed by atoms with van der Waals surface area (Å²) < 4.78 is 29.5. The standard InChI is InChI=1S/C25H23ClN4O4S2/c1-2-24(23-10-17-4-5-18(26)11-22(17)35-23)36(33,34)30-8-7-29(19(13-30)14-31)12-16-3-6-21-20(9-16)25(32)28-15-27-21/h2-6,9-11,14-15,19,24H,1,7-8,12-13H2,(H,27,28,32). The van der Waals surface area contributed by atoms with Gasteiger partial charge < -0.3 is 9.90 Å². The predicted octanol–water partition coefficient (Wildman–Crippen LogP) is 4.15. The zero-order chi connectivity index (χ0) is 25.4. The van der Waals surface area contributed by atoms with Gasteiger partial charge in [0.25, 0.3) is 0 Å². The lowest BCUT2D eigenvalue weighted by molar-refractivity contribution is -0.114. The van der Waals surface area contributed by atoms with Gasteiger partial charge in [-0.2, -0.15) is 4.31 Å². The molecule has 0 bridgehead atoms. The molecule has 1 saturated heterocycles. The van der Waals surface area contributed by atoms with E-state index in [0.717, 1.165) is 21.9 Å². The van der Waals surface area contributed by atoms with E-state index in [9.17, 15) is 18.3 Å². The van der Waals surface area contributed by atoms with E-state index in [-0.39, 0.29) is 19.0 Å². The van der Waals surface area contributed by atoms with Gasteiger partial charge in [-0.05, 0) is 41.3 Å². The van der Waals surface area contributed by atoms with Crippen LogP contribution in [0.25, 0.3) is 21.0 Å². The summed E-state index contributed by atoms with van der Waals surface area (Å²) in [6.07, 6.45) is 3.52. The Labute approximate surface area is 217 Å². The Balaban J connectivity index is 1.35. The van der Waals surface area contributed by atoms with E-state index in [1.807, 2.05) is 29.2 Å². The van der Waals surface area contributed by atoms with Crippen LogP contribution in [-0.4, -0.2) is 64.7 Å². The van der Waals surface area contributed by atoms with Crippen molar-refractivity contribution in [2.45, 2.75) is 17.8 Å². The molecule has 0 radical (unpaired) electrons. The third-order valence-electron chi connectivity index (χ3n) is 6.39. The molecule has 1 aliphatic rings. The number of aromatic nitrogens is 2. The van der Waals surface area contributed by atoms with E-state index in [1.165, 1.54) is 28.0 Å². The molecule has 186 valence electrons. The van der Waals surface area contributed by atoms with Crippen LogP contribution in [0.5, 0.6) is 5.88 Å². The molecule has 1 fully saturated rings. The Kier molecular flexibility index (Phi) is 6.80. The fourth-order valence-corrected chi connectivity index (χ4v) is 7.96. The lowest BCUT2D eigenvalue weighted by Crippen LogP contribution is -2.55. The number of aldehydes is 1. The quantitative estimate of drug-likeness (QED) is 0.276. The maximum Gasteiger partial charge on any atom is 0.225 e. The molecule has 5 rings (SSSR count). The van der Waals surface area contributed by atoms with Gasteiger partial charge in [-0.25, -0.2) is 18.4 Å². The first-order chi connectivity index (χ1) is 17.3. The highest BCUT2D eigenvalue weighted by Gasteiger charge is 2.38. The number of carbonyl (C=O) groups excluding carboxylic acids is 1. The molecule has 2 unspecified atom stereocenters. The number of sulfonamides is 1. The van der Waals surface area contributed by atoms with Crippen molar-refractivity contribution in [3.63, 3.8) is 0 Å². The number of rotatable bonds is 7. The van der Waals surface area contributed by atoms with Gasteiger partial charge in [-0.15, -0.1) is 17.9 Å². The summed E-state index contributed by atoms with van der Waals surface area (Å²) in [5.74, 6) is -0.108. The molecule has 2 atom stereocenters. The Morgan fingerprint density at radius 1 is 1.19 bits per heavy atom. The molecule has 3 heterocycles. The van der Waals surface area contributed by atoms with Crippen molar-refractivity contribution in [2.24, 2.45) is 0 Å². The second-order valence-corrected chi connectivity index (χ2v) is 12.2. The maximum atomic E-state index is 13.6. The molecular weight excluding hydrogens is 520 g/mol. The number of piperazine rings is 1. The van der Waals surface area contributed by atoms with E-state index in [4.69, 9.17) is 11.6 Å². The Morgan fingerprint density at radius 2 is 2.03 bits per heavy atom. The minimum Gasteiger partial charge on any atom is -0.493 e. The molecular formula is C25H23ClN4O4S2. The van der Waals surface area contributed by atoms with Gasteiger partial charge in [0, 0.05) is 40.8 Å². The SMILES string of the molecule is C=CC(c1cc2ccc(Cl)cc2s1)S(=O)(=O)N1CCN(Cc2ccc3ncnc(O)c3c2)C(C=O)C1. The number of carbonyl (C=O) groups is 1. The van der Waals surface area contributed by atoms with Crippen LogP contribution in [0.4, 0.5) is 0 Å². The van der Waals surface area contributed by atoms with Crippen LogP contribution in [0.3, 0.4) is 0 Å². The molecule has 8 nitrogen and oxygen atoms in total. The second-order valence-electron chi connectivity index (χ2n) is 8.61. The largest absolute Gasteiger partial charge is 0.493 e. The fraction of sp³-hybridized carbons (Fsp3) is 0.240. The molecule has 0 aliphatic carbocycles. The van der Waals surface area contributed by atoms with Crippen LogP contribution >= 0.6 is 22.9 Å². The highest BCUT2D eigenvalue weighted by Crippen LogP contribution is 2.37. The lowest BCUT2D eigenvalue weighted by atomic mass is 10.1. The molecule has 1 aliphatic heterocycles. The van der Waals surface area contributed by atoms with Crippen LogP contribution in [0.1, 0.15) is 15.7 Å². The first kappa shape index (κ1) is 24.8. The first-order valence-corrected chi connectivity index (χ1v) is 13.9. The van der Waals surface area contributed by atoms with Gasteiger partial charge in [-0.3, -0.25) is 4.90 Å². The second kappa shape index (κ2) is 9.87. The van der Waals surface area contributed by atoms with Crippen LogP contribution in [0.15, 0.2) is 61.4 Å². The van der Waals surface area contributed by atoms with Crippen LogP contribution in [0.2, 0.25) is 5.02 Å². The molecule has 4 aromatic rings. The normalized spacial score (nSPS) is 18.4. The minimum atomic E-state index is -3.80. The van der Waals surface area contributed by atoms with Crippen LogP contribution < -0.4 is 0 Å². The third kappa shape index (κ3) is 4.62. The van der Waals surface area contributed by atoms with Crippen molar-refractivity contribution in [1.82, 2.24) is 19.2 Å². The number of thiophene rings is 1. The number of halogens is 1. The van der Waals surface area contributed by atoms with E-state index >= 15 is 0 Å². The predicted molar refractivity (Wildman–Crippen MR) is 142 cm³/mol. The maximum absolute atomic E-state index is 13.6. The van der Waals surface area contributed by atoms with Gasteiger partial charge in [0.05, 0.1) is 16.9 Å². The number of hydrogen-bond donors (Lipinski definition) is 1. The van der Waals surface area contributed by atoms with E-state index in [1.54, 1.807) is 18.2 Å². The average molecular weight is 543 g/mol. The molecule has 11 heteroatoms.